The SMILES string of the molecule is CCCCCCS(=O)(=O)N1CCC[C@@H]2CN3CCc4cc(OC)c(OC)cc4[C@H]3C[C@@H]21. The lowest BCUT2D eigenvalue weighted by Crippen LogP contribution is -2.57. The first kappa shape index (κ1) is 22.9. The summed E-state index contributed by atoms with van der Waals surface area (Å²) in [6.07, 6.45) is 8.01. The van der Waals surface area contributed by atoms with E-state index in [-0.39, 0.29) is 12.1 Å². The lowest BCUT2D eigenvalue weighted by atomic mass is 9.77. The van der Waals surface area contributed by atoms with Crippen molar-refractivity contribution in [2.75, 3.05) is 39.6 Å². The first-order valence-corrected chi connectivity index (χ1v) is 13.6. The van der Waals surface area contributed by atoms with Gasteiger partial charge in [-0.25, -0.2) is 8.42 Å². The Morgan fingerprint density at radius 3 is 2.58 bits per heavy atom. The van der Waals surface area contributed by atoms with Gasteiger partial charge >= 0.3 is 0 Å². The largest absolute Gasteiger partial charge is 0.493 e. The lowest BCUT2D eigenvalue weighted by Gasteiger charge is -2.51. The molecule has 0 aliphatic carbocycles. The third-order valence-corrected chi connectivity index (χ3v) is 9.50. The summed E-state index contributed by atoms with van der Waals surface area (Å²) in [5, 5.41) is 0. The predicted molar refractivity (Wildman–Crippen MR) is 123 cm³/mol. The first-order chi connectivity index (χ1) is 15.0. The van der Waals surface area contributed by atoms with Crippen LogP contribution in [-0.2, 0) is 16.4 Å². The number of benzene rings is 1. The van der Waals surface area contributed by atoms with E-state index >= 15 is 0 Å². The van der Waals surface area contributed by atoms with Gasteiger partial charge in [-0.1, -0.05) is 26.2 Å². The van der Waals surface area contributed by atoms with Crippen LogP contribution in [0.5, 0.6) is 11.5 Å². The van der Waals surface area contributed by atoms with Crippen molar-refractivity contribution in [3.05, 3.63) is 23.3 Å². The number of rotatable bonds is 8. The highest BCUT2D eigenvalue weighted by Crippen LogP contribution is 2.46. The van der Waals surface area contributed by atoms with E-state index in [2.05, 4.69) is 24.0 Å². The Kier molecular flexibility index (Phi) is 7.14. The summed E-state index contributed by atoms with van der Waals surface area (Å²) in [6.45, 7) is 4.86. The minimum atomic E-state index is -3.20. The Bertz CT molecular complexity index is 873. The molecule has 2 saturated heterocycles. The van der Waals surface area contributed by atoms with Gasteiger partial charge in [0.25, 0.3) is 0 Å². The number of piperidine rings is 2. The van der Waals surface area contributed by atoms with Crippen LogP contribution in [0.4, 0.5) is 0 Å². The van der Waals surface area contributed by atoms with Gasteiger partial charge in [0.05, 0.1) is 20.0 Å². The maximum atomic E-state index is 13.3. The van der Waals surface area contributed by atoms with E-state index in [0.717, 1.165) is 76.0 Å². The number of ether oxygens (including phenoxy) is 2. The van der Waals surface area contributed by atoms with Gasteiger partial charge in [0.2, 0.25) is 10.0 Å². The van der Waals surface area contributed by atoms with E-state index in [1.54, 1.807) is 14.2 Å². The van der Waals surface area contributed by atoms with Gasteiger partial charge < -0.3 is 9.47 Å². The van der Waals surface area contributed by atoms with E-state index in [0.29, 0.717) is 18.2 Å². The Labute approximate surface area is 187 Å². The molecule has 7 heteroatoms. The molecule has 6 nitrogen and oxygen atoms in total. The Morgan fingerprint density at radius 1 is 1.06 bits per heavy atom. The molecule has 4 rings (SSSR count). The zero-order valence-corrected chi connectivity index (χ0v) is 20.1. The van der Waals surface area contributed by atoms with Gasteiger partial charge in [-0.05, 0) is 61.3 Å². The van der Waals surface area contributed by atoms with Crippen molar-refractivity contribution in [3.63, 3.8) is 0 Å². The maximum absolute atomic E-state index is 13.3. The minimum absolute atomic E-state index is 0.116. The number of hydrogen-bond acceptors (Lipinski definition) is 5. The first-order valence-electron chi connectivity index (χ1n) is 12.0. The van der Waals surface area contributed by atoms with Gasteiger partial charge in [0, 0.05) is 31.7 Å². The van der Waals surface area contributed by atoms with Gasteiger partial charge in [-0.2, -0.15) is 4.31 Å². The molecule has 31 heavy (non-hydrogen) atoms. The second-order valence-corrected chi connectivity index (χ2v) is 11.4. The molecule has 0 radical (unpaired) electrons. The van der Waals surface area contributed by atoms with Crippen LogP contribution in [0.25, 0.3) is 0 Å². The number of sulfonamides is 1. The molecule has 0 spiro atoms. The van der Waals surface area contributed by atoms with Crippen molar-refractivity contribution in [1.29, 1.82) is 0 Å². The Morgan fingerprint density at radius 2 is 1.84 bits per heavy atom. The molecule has 0 unspecified atom stereocenters. The topological polar surface area (TPSA) is 59.1 Å². The summed E-state index contributed by atoms with van der Waals surface area (Å²) in [5.41, 5.74) is 2.59. The summed E-state index contributed by atoms with van der Waals surface area (Å²) in [4.78, 5) is 2.58. The second-order valence-electron chi connectivity index (χ2n) is 9.36. The molecule has 3 atom stereocenters. The maximum Gasteiger partial charge on any atom is 0.214 e. The average molecular weight is 451 g/mol. The zero-order chi connectivity index (χ0) is 22.0. The van der Waals surface area contributed by atoms with Crippen molar-refractivity contribution < 1.29 is 17.9 Å². The number of unbranched alkanes of at least 4 members (excludes halogenated alkanes) is 3. The molecule has 1 aromatic rings. The van der Waals surface area contributed by atoms with Crippen LogP contribution in [0, 0.1) is 5.92 Å². The van der Waals surface area contributed by atoms with E-state index in [4.69, 9.17) is 9.47 Å². The minimum Gasteiger partial charge on any atom is -0.493 e. The van der Waals surface area contributed by atoms with Gasteiger partial charge in [0.15, 0.2) is 11.5 Å². The summed E-state index contributed by atoms with van der Waals surface area (Å²) in [7, 11) is 0.150. The molecule has 3 aliphatic rings. The zero-order valence-electron chi connectivity index (χ0n) is 19.3. The van der Waals surface area contributed by atoms with E-state index in [1.807, 2.05) is 4.31 Å². The lowest BCUT2D eigenvalue weighted by molar-refractivity contribution is 0.0218. The molecule has 2 fully saturated rings. The second kappa shape index (κ2) is 9.67. The van der Waals surface area contributed by atoms with Crippen molar-refractivity contribution in [2.45, 2.75) is 70.4 Å². The number of fused-ring (bicyclic) bond motifs is 4. The van der Waals surface area contributed by atoms with Gasteiger partial charge in [-0.3, -0.25) is 4.90 Å². The smallest absolute Gasteiger partial charge is 0.214 e. The van der Waals surface area contributed by atoms with Crippen LogP contribution in [0.1, 0.15) is 69.0 Å². The molecule has 0 bridgehead atoms. The number of nitrogens with zero attached hydrogens (tertiary/aromatic N) is 2. The molecule has 0 aromatic heterocycles. The monoisotopic (exact) mass is 450 g/mol. The Balaban J connectivity index is 1.57. The van der Waals surface area contributed by atoms with E-state index in [9.17, 15) is 8.42 Å². The molecule has 1 aromatic carbocycles. The molecule has 3 aliphatic heterocycles. The van der Waals surface area contributed by atoms with Gasteiger partial charge in [-0.15, -0.1) is 0 Å². The van der Waals surface area contributed by atoms with E-state index in [1.165, 1.54) is 11.1 Å². The molecule has 3 heterocycles. The fourth-order valence-electron chi connectivity index (χ4n) is 5.90. The summed E-state index contributed by atoms with van der Waals surface area (Å²) in [5.74, 6) is 2.27. The fourth-order valence-corrected chi connectivity index (χ4v) is 7.79. The quantitative estimate of drug-likeness (QED) is 0.561. The van der Waals surface area contributed by atoms with Crippen molar-refractivity contribution in [2.24, 2.45) is 5.92 Å². The molecular weight excluding hydrogens is 412 g/mol. The standard InChI is InChI=1S/C24H38N2O4S/c1-4-5-6-7-13-31(27,28)26-11-8-9-19-17-25-12-10-18-14-23(29-2)24(30-3)15-20(18)22(25)16-21(19)26/h14-15,19,21-22H,4-13,16-17H2,1-3H3/t19-,21+,22-/m1/s1. The average Bonchev–Trinajstić information content (AvgIpc) is 2.79. The van der Waals surface area contributed by atoms with Crippen molar-refractivity contribution in [1.82, 2.24) is 9.21 Å². The molecule has 0 N–H and O–H groups in total. The van der Waals surface area contributed by atoms with Crippen LogP contribution in [0.3, 0.4) is 0 Å². The molecular formula is C24H38N2O4S. The molecule has 174 valence electrons. The fraction of sp³-hybridized carbons (Fsp3) is 0.750. The summed E-state index contributed by atoms with van der Waals surface area (Å²) >= 11 is 0. The number of hydrogen-bond donors (Lipinski definition) is 0. The van der Waals surface area contributed by atoms with Crippen molar-refractivity contribution >= 4 is 10.0 Å². The van der Waals surface area contributed by atoms with Gasteiger partial charge in [0.1, 0.15) is 0 Å². The summed E-state index contributed by atoms with van der Waals surface area (Å²) < 4.78 is 39.5. The highest BCUT2D eigenvalue weighted by atomic mass is 32.2. The van der Waals surface area contributed by atoms with Crippen LogP contribution in [-0.4, -0.2) is 63.3 Å². The Hall–Kier alpha value is -1.31. The van der Waals surface area contributed by atoms with Crippen LogP contribution in [0.15, 0.2) is 12.1 Å². The third-order valence-electron chi connectivity index (χ3n) is 7.53. The highest BCUT2D eigenvalue weighted by molar-refractivity contribution is 7.89. The predicted octanol–water partition coefficient (Wildman–Crippen LogP) is 4.00. The van der Waals surface area contributed by atoms with Crippen LogP contribution in [0.2, 0.25) is 0 Å². The molecule has 0 saturated carbocycles. The van der Waals surface area contributed by atoms with Crippen molar-refractivity contribution in [3.8, 4) is 11.5 Å². The number of methoxy groups -OCH3 is 2. The highest BCUT2D eigenvalue weighted by Gasteiger charge is 2.45. The molecule has 0 amide bonds. The van der Waals surface area contributed by atoms with E-state index < -0.39 is 10.0 Å². The normalized spacial score (nSPS) is 26.6. The van der Waals surface area contributed by atoms with Crippen LogP contribution >= 0.6 is 0 Å². The third kappa shape index (κ3) is 4.60. The van der Waals surface area contributed by atoms with Crippen LogP contribution < -0.4 is 9.47 Å². The summed E-state index contributed by atoms with van der Waals surface area (Å²) in [6, 6.07) is 4.60.